The Bertz CT molecular complexity index is 765. The van der Waals surface area contributed by atoms with Crippen LogP contribution in [0.4, 0.5) is 0 Å². The summed E-state index contributed by atoms with van der Waals surface area (Å²) in [6.45, 7) is 2.91. The normalized spacial score (nSPS) is 20.8. The van der Waals surface area contributed by atoms with E-state index in [4.69, 9.17) is 0 Å². The fraction of sp³-hybridized carbons (Fsp3) is 0.526. The van der Waals surface area contributed by atoms with Crippen molar-refractivity contribution in [1.29, 1.82) is 0 Å². The lowest BCUT2D eigenvalue weighted by molar-refractivity contribution is 0.0827. The van der Waals surface area contributed by atoms with Gasteiger partial charge < -0.3 is 4.90 Å². The van der Waals surface area contributed by atoms with Crippen molar-refractivity contribution in [3.05, 3.63) is 47.3 Å². The molecule has 1 aliphatic heterocycles. The van der Waals surface area contributed by atoms with Gasteiger partial charge in [0.05, 0.1) is 11.7 Å². The van der Waals surface area contributed by atoms with Gasteiger partial charge in [0.1, 0.15) is 0 Å². The number of amides is 1. The lowest BCUT2D eigenvalue weighted by Gasteiger charge is -2.17. The van der Waals surface area contributed by atoms with E-state index >= 15 is 0 Å². The van der Waals surface area contributed by atoms with Crippen molar-refractivity contribution >= 4 is 5.91 Å². The molecule has 4 rings (SSSR count). The van der Waals surface area contributed by atoms with Crippen LogP contribution < -0.4 is 0 Å². The number of hydrogen-bond acceptors (Lipinski definition) is 4. The van der Waals surface area contributed by atoms with E-state index in [0.29, 0.717) is 12.0 Å². The molecule has 6 heteroatoms. The van der Waals surface area contributed by atoms with Crippen LogP contribution in [-0.4, -0.2) is 57.9 Å². The molecule has 1 unspecified atom stereocenters. The van der Waals surface area contributed by atoms with E-state index in [1.807, 2.05) is 18.2 Å². The number of carbonyl (C=O) groups excluding carboxylic acids is 1. The third-order valence-corrected chi connectivity index (χ3v) is 5.13. The minimum Gasteiger partial charge on any atom is -0.345 e. The van der Waals surface area contributed by atoms with E-state index in [-0.39, 0.29) is 5.91 Å². The molecule has 0 N–H and O–H groups in total. The van der Waals surface area contributed by atoms with Crippen LogP contribution in [0.5, 0.6) is 0 Å². The monoisotopic (exact) mass is 339 g/mol. The molecule has 1 amide bonds. The molecule has 1 saturated carbocycles. The zero-order valence-electron chi connectivity index (χ0n) is 14.9. The molecule has 0 bridgehead atoms. The Morgan fingerprint density at radius 1 is 1.28 bits per heavy atom. The van der Waals surface area contributed by atoms with Gasteiger partial charge in [0, 0.05) is 51.4 Å². The van der Waals surface area contributed by atoms with Gasteiger partial charge in [0.2, 0.25) is 0 Å². The van der Waals surface area contributed by atoms with E-state index in [9.17, 15) is 4.79 Å². The zero-order chi connectivity index (χ0) is 17.4. The predicted octanol–water partition coefficient (Wildman–Crippen LogP) is 2.30. The molecule has 1 aromatic carbocycles. The van der Waals surface area contributed by atoms with Crippen molar-refractivity contribution in [3.8, 4) is 0 Å². The first-order chi connectivity index (χ1) is 12.1. The third-order valence-electron chi connectivity index (χ3n) is 5.13. The molecule has 2 heterocycles. The summed E-state index contributed by atoms with van der Waals surface area (Å²) < 4.78 is 2.06. The first-order valence-corrected chi connectivity index (χ1v) is 9.05. The second-order valence-corrected chi connectivity index (χ2v) is 7.48. The second kappa shape index (κ2) is 6.59. The predicted molar refractivity (Wildman–Crippen MR) is 95.4 cm³/mol. The molecule has 1 aromatic heterocycles. The largest absolute Gasteiger partial charge is 0.345 e. The Kier molecular flexibility index (Phi) is 4.29. The molecule has 2 aliphatic rings. The van der Waals surface area contributed by atoms with E-state index in [1.165, 1.54) is 18.4 Å². The summed E-state index contributed by atoms with van der Waals surface area (Å²) in [7, 11) is 3.57. The summed E-state index contributed by atoms with van der Waals surface area (Å²) in [4.78, 5) is 16.2. The zero-order valence-corrected chi connectivity index (χ0v) is 14.9. The highest BCUT2D eigenvalue weighted by atomic mass is 16.2. The first-order valence-electron chi connectivity index (χ1n) is 9.05. The van der Waals surface area contributed by atoms with Gasteiger partial charge in [-0.2, -0.15) is 0 Å². The van der Waals surface area contributed by atoms with Crippen molar-refractivity contribution < 1.29 is 4.79 Å². The lowest BCUT2D eigenvalue weighted by atomic mass is 10.1. The quantitative estimate of drug-likeness (QED) is 0.839. The van der Waals surface area contributed by atoms with Crippen molar-refractivity contribution in [2.45, 2.75) is 37.8 Å². The number of hydrogen-bond donors (Lipinski definition) is 0. The van der Waals surface area contributed by atoms with Gasteiger partial charge in [-0.3, -0.25) is 9.69 Å². The smallest absolute Gasteiger partial charge is 0.253 e. The fourth-order valence-electron chi connectivity index (χ4n) is 3.53. The topological polar surface area (TPSA) is 54.3 Å². The standard InChI is InChI=1S/C19H25N5O/c1-22(2)19(25)16-5-3-4-14(10-16)11-23-9-8-17(12-23)24-13-18(20-21-24)15-6-7-15/h3-5,10,13,15,17H,6-9,11-12H2,1-2H3. The summed E-state index contributed by atoms with van der Waals surface area (Å²) in [5.74, 6) is 0.708. The van der Waals surface area contributed by atoms with Crippen LogP contribution in [0.25, 0.3) is 0 Å². The maximum absolute atomic E-state index is 12.1. The molecule has 0 spiro atoms. The van der Waals surface area contributed by atoms with Gasteiger partial charge >= 0.3 is 0 Å². The van der Waals surface area contributed by atoms with Gasteiger partial charge in [-0.1, -0.05) is 17.3 Å². The lowest BCUT2D eigenvalue weighted by Crippen LogP contribution is -2.23. The van der Waals surface area contributed by atoms with Crippen molar-refractivity contribution in [2.75, 3.05) is 27.2 Å². The van der Waals surface area contributed by atoms with Crippen molar-refractivity contribution in [1.82, 2.24) is 24.8 Å². The van der Waals surface area contributed by atoms with Gasteiger partial charge in [-0.15, -0.1) is 5.10 Å². The van der Waals surface area contributed by atoms with Crippen LogP contribution >= 0.6 is 0 Å². The number of carbonyl (C=O) groups is 1. The Morgan fingerprint density at radius 3 is 2.88 bits per heavy atom. The number of rotatable bonds is 5. The maximum atomic E-state index is 12.1. The minimum atomic E-state index is 0.0522. The molecule has 1 aliphatic carbocycles. The van der Waals surface area contributed by atoms with Crippen LogP contribution in [0.3, 0.4) is 0 Å². The van der Waals surface area contributed by atoms with Gasteiger partial charge in [0.15, 0.2) is 0 Å². The van der Waals surface area contributed by atoms with Crippen LogP contribution in [0, 0.1) is 0 Å². The Balaban J connectivity index is 1.39. The van der Waals surface area contributed by atoms with E-state index in [2.05, 4.69) is 32.2 Å². The summed E-state index contributed by atoms with van der Waals surface area (Å²) in [5.41, 5.74) is 3.10. The second-order valence-electron chi connectivity index (χ2n) is 7.48. The molecular weight excluding hydrogens is 314 g/mol. The minimum absolute atomic E-state index is 0.0522. The fourth-order valence-corrected chi connectivity index (χ4v) is 3.53. The molecular formula is C19H25N5O. The highest BCUT2D eigenvalue weighted by Gasteiger charge is 2.29. The van der Waals surface area contributed by atoms with E-state index < -0.39 is 0 Å². The molecule has 25 heavy (non-hydrogen) atoms. The van der Waals surface area contributed by atoms with Crippen molar-refractivity contribution in [3.63, 3.8) is 0 Å². The number of benzene rings is 1. The average Bonchev–Trinajstić information content (AvgIpc) is 3.16. The summed E-state index contributed by atoms with van der Waals surface area (Å²) in [6.07, 6.45) is 5.76. The average molecular weight is 339 g/mol. The summed E-state index contributed by atoms with van der Waals surface area (Å²) in [5, 5.41) is 8.68. The molecule has 1 atom stereocenters. The summed E-state index contributed by atoms with van der Waals surface area (Å²) >= 11 is 0. The molecule has 0 radical (unpaired) electrons. The van der Waals surface area contributed by atoms with Crippen molar-refractivity contribution in [2.24, 2.45) is 0 Å². The SMILES string of the molecule is CN(C)C(=O)c1cccc(CN2CCC(n3cc(C4CC4)nn3)C2)c1. The van der Waals surface area contributed by atoms with E-state index in [1.54, 1.807) is 19.0 Å². The molecule has 2 fully saturated rings. The molecule has 1 saturated heterocycles. The first kappa shape index (κ1) is 16.3. The Labute approximate surface area is 148 Å². The van der Waals surface area contributed by atoms with Crippen LogP contribution in [0.2, 0.25) is 0 Å². The van der Waals surface area contributed by atoms with Crippen LogP contribution in [-0.2, 0) is 6.54 Å². The molecule has 132 valence electrons. The molecule has 6 nitrogen and oxygen atoms in total. The van der Waals surface area contributed by atoms with Crippen LogP contribution in [0.1, 0.15) is 52.8 Å². The summed E-state index contributed by atoms with van der Waals surface area (Å²) in [6, 6.07) is 8.37. The number of aromatic nitrogens is 3. The van der Waals surface area contributed by atoms with E-state index in [0.717, 1.165) is 37.3 Å². The van der Waals surface area contributed by atoms with Crippen LogP contribution in [0.15, 0.2) is 30.5 Å². The third kappa shape index (κ3) is 3.58. The highest BCUT2D eigenvalue weighted by Crippen LogP contribution is 2.39. The number of likely N-dealkylation sites (tertiary alicyclic amines) is 1. The number of nitrogens with zero attached hydrogens (tertiary/aromatic N) is 5. The van der Waals surface area contributed by atoms with Gasteiger partial charge in [0.25, 0.3) is 5.91 Å². The van der Waals surface area contributed by atoms with Gasteiger partial charge in [-0.25, -0.2) is 4.68 Å². The Morgan fingerprint density at radius 2 is 2.12 bits per heavy atom. The maximum Gasteiger partial charge on any atom is 0.253 e. The molecule has 2 aromatic rings. The highest BCUT2D eigenvalue weighted by molar-refractivity contribution is 5.94. The Hall–Kier alpha value is -2.21. The van der Waals surface area contributed by atoms with Gasteiger partial charge in [-0.05, 0) is 37.0 Å².